The minimum atomic E-state index is -1.06. The van der Waals surface area contributed by atoms with Gasteiger partial charge in [-0.3, -0.25) is 5.32 Å². The number of nitriles is 1. The lowest BCUT2D eigenvalue weighted by Crippen LogP contribution is -2.29. The lowest BCUT2D eigenvalue weighted by molar-refractivity contribution is -0.131. The molecule has 0 bridgehead atoms. The average molecular weight is 454 g/mol. The zero-order chi connectivity index (χ0) is 24.2. The maximum atomic E-state index is 12.7. The second-order valence-electron chi connectivity index (χ2n) is 6.88. The van der Waals surface area contributed by atoms with E-state index in [1.165, 1.54) is 19.3 Å². The van der Waals surface area contributed by atoms with E-state index in [1.807, 2.05) is 6.07 Å². The van der Waals surface area contributed by atoms with Crippen molar-refractivity contribution in [2.24, 2.45) is 0 Å². The number of nitrogens with zero attached hydrogens (tertiary/aromatic N) is 1. The molecule has 9 nitrogen and oxygen atoms in total. The Morgan fingerprint density at radius 2 is 1.94 bits per heavy atom. The minimum Gasteiger partial charge on any atom is -0.504 e. The van der Waals surface area contributed by atoms with E-state index in [2.05, 4.69) is 5.32 Å². The number of aliphatic carboxylic acids is 1. The molecule has 0 aliphatic heterocycles. The van der Waals surface area contributed by atoms with Crippen LogP contribution in [0.2, 0.25) is 0 Å². The van der Waals surface area contributed by atoms with Gasteiger partial charge in [-0.25, -0.2) is 9.59 Å². The van der Waals surface area contributed by atoms with Crippen LogP contribution in [-0.4, -0.2) is 42.1 Å². The molecule has 0 spiro atoms. The van der Waals surface area contributed by atoms with Crippen LogP contribution in [0.5, 0.6) is 11.5 Å². The number of rotatable bonds is 11. The van der Waals surface area contributed by atoms with Gasteiger partial charge < -0.3 is 24.4 Å². The second kappa shape index (κ2) is 12.7. The highest BCUT2D eigenvalue weighted by Crippen LogP contribution is 2.34. The molecule has 0 saturated carbocycles. The molecule has 0 heterocycles. The number of carbonyl (C=O) groups is 2. The van der Waals surface area contributed by atoms with Crippen LogP contribution in [-0.2, 0) is 14.3 Å². The van der Waals surface area contributed by atoms with Crippen molar-refractivity contribution in [2.75, 3.05) is 19.0 Å². The number of ether oxygens (including phenoxy) is 3. The number of carbonyl (C=O) groups excluding carboxylic acids is 1. The van der Waals surface area contributed by atoms with Crippen LogP contribution in [0, 0.1) is 11.3 Å². The summed E-state index contributed by atoms with van der Waals surface area (Å²) in [4.78, 5) is 23.4. The molecule has 174 valence electrons. The van der Waals surface area contributed by atoms with Gasteiger partial charge in [-0.2, -0.15) is 5.26 Å². The number of anilines is 1. The Morgan fingerprint density at radius 1 is 1.21 bits per heavy atom. The summed E-state index contributed by atoms with van der Waals surface area (Å²) in [5, 5.41) is 30.5. The van der Waals surface area contributed by atoms with Crippen molar-refractivity contribution in [3.05, 3.63) is 65.7 Å². The van der Waals surface area contributed by atoms with E-state index in [-0.39, 0.29) is 11.5 Å². The van der Waals surface area contributed by atoms with Gasteiger partial charge in [-0.1, -0.05) is 12.1 Å². The molecule has 33 heavy (non-hydrogen) atoms. The summed E-state index contributed by atoms with van der Waals surface area (Å²) in [6.45, 7) is 2.12. The number of nitrogens with one attached hydrogen (secondary N) is 1. The number of carboxylic acid groups (broad SMARTS) is 1. The van der Waals surface area contributed by atoms with E-state index in [9.17, 15) is 14.7 Å². The van der Waals surface area contributed by atoms with E-state index >= 15 is 0 Å². The van der Waals surface area contributed by atoms with E-state index in [0.717, 1.165) is 6.08 Å². The third kappa shape index (κ3) is 7.87. The molecule has 0 saturated heterocycles. The Labute approximate surface area is 191 Å². The summed E-state index contributed by atoms with van der Waals surface area (Å²) in [5.74, 6) is -0.924. The van der Waals surface area contributed by atoms with Gasteiger partial charge in [0.1, 0.15) is 0 Å². The van der Waals surface area contributed by atoms with Crippen molar-refractivity contribution in [3.8, 4) is 17.6 Å². The highest BCUT2D eigenvalue weighted by Gasteiger charge is 2.28. The fourth-order valence-corrected chi connectivity index (χ4v) is 3.11. The first-order valence-corrected chi connectivity index (χ1v) is 10.2. The van der Waals surface area contributed by atoms with Gasteiger partial charge in [0.15, 0.2) is 17.6 Å². The molecule has 2 aromatic rings. The molecular formula is C24H26N2O7. The van der Waals surface area contributed by atoms with E-state index in [0.29, 0.717) is 36.3 Å². The fraction of sp³-hybridized carbons (Fsp3) is 0.292. The fourth-order valence-electron chi connectivity index (χ4n) is 3.11. The summed E-state index contributed by atoms with van der Waals surface area (Å²) in [7, 11) is 1.42. The van der Waals surface area contributed by atoms with E-state index in [4.69, 9.17) is 24.6 Å². The Hall–Kier alpha value is -4.03. The van der Waals surface area contributed by atoms with Crippen molar-refractivity contribution in [1.82, 2.24) is 0 Å². The average Bonchev–Trinajstić information content (AvgIpc) is 2.80. The molecule has 0 aromatic heterocycles. The predicted octanol–water partition coefficient (Wildman–Crippen LogP) is 4.39. The van der Waals surface area contributed by atoms with E-state index in [1.54, 1.807) is 43.3 Å². The van der Waals surface area contributed by atoms with Gasteiger partial charge in [0, 0.05) is 18.4 Å². The van der Waals surface area contributed by atoms with Gasteiger partial charge >= 0.3 is 12.1 Å². The van der Waals surface area contributed by atoms with Crippen molar-refractivity contribution in [3.63, 3.8) is 0 Å². The normalized spacial score (nSPS) is 12.5. The quantitative estimate of drug-likeness (QED) is 0.425. The molecule has 2 aromatic carbocycles. The number of allylic oxidation sites excluding steroid dienone is 1. The van der Waals surface area contributed by atoms with Crippen LogP contribution >= 0.6 is 0 Å². The SMILES string of the molecule is CCO[C@H](CC/C=C/C(=O)O)[C@H](OC(=O)Nc1ccc(C#N)cc1)c1ccc(OC)c(O)c1. The predicted molar refractivity (Wildman–Crippen MR) is 120 cm³/mol. The maximum absolute atomic E-state index is 12.7. The first kappa shape index (κ1) is 25.2. The highest BCUT2D eigenvalue weighted by atomic mass is 16.6. The van der Waals surface area contributed by atoms with Gasteiger partial charge in [0.05, 0.1) is 24.8 Å². The van der Waals surface area contributed by atoms with Crippen molar-refractivity contribution in [2.45, 2.75) is 32.0 Å². The molecule has 0 fully saturated rings. The van der Waals surface area contributed by atoms with Crippen LogP contribution in [0.15, 0.2) is 54.6 Å². The summed E-state index contributed by atoms with van der Waals surface area (Å²) < 4.78 is 16.6. The lowest BCUT2D eigenvalue weighted by Gasteiger charge is -2.27. The van der Waals surface area contributed by atoms with Crippen LogP contribution in [0.25, 0.3) is 0 Å². The largest absolute Gasteiger partial charge is 0.504 e. The Bertz CT molecular complexity index is 1010. The number of methoxy groups -OCH3 is 1. The number of hydrogen-bond acceptors (Lipinski definition) is 7. The molecule has 2 atom stereocenters. The monoisotopic (exact) mass is 454 g/mol. The van der Waals surface area contributed by atoms with Gasteiger partial charge in [0.25, 0.3) is 0 Å². The van der Waals surface area contributed by atoms with E-state index < -0.39 is 24.3 Å². The molecule has 1 amide bonds. The van der Waals surface area contributed by atoms with Crippen LogP contribution in [0.4, 0.5) is 10.5 Å². The third-order valence-corrected chi connectivity index (χ3v) is 4.62. The third-order valence-electron chi connectivity index (χ3n) is 4.62. The lowest BCUT2D eigenvalue weighted by atomic mass is 9.99. The van der Waals surface area contributed by atoms with Crippen molar-refractivity contribution >= 4 is 17.7 Å². The molecule has 0 radical (unpaired) electrons. The molecule has 0 aliphatic carbocycles. The molecular weight excluding hydrogens is 428 g/mol. The number of phenols is 1. The summed E-state index contributed by atoms with van der Waals surface area (Å²) >= 11 is 0. The van der Waals surface area contributed by atoms with Gasteiger partial charge in [0.2, 0.25) is 0 Å². The number of aromatic hydroxyl groups is 1. The zero-order valence-corrected chi connectivity index (χ0v) is 18.4. The van der Waals surface area contributed by atoms with Crippen molar-refractivity contribution in [1.29, 1.82) is 5.26 Å². The standard InChI is InChI=1S/C24H26N2O7/c1-3-32-21(6-4-5-7-22(28)29)23(17-10-13-20(31-2)19(27)14-17)33-24(30)26-18-11-8-16(15-25)9-12-18/h5,7-14,21,23,27H,3-4,6H2,1-2H3,(H,26,30)(H,28,29)/b7-5+/t21-,23-/m1/s1. The Balaban J connectivity index is 2.27. The topological polar surface area (TPSA) is 138 Å². The number of amides is 1. The van der Waals surface area contributed by atoms with Gasteiger partial charge in [-0.15, -0.1) is 0 Å². The van der Waals surface area contributed by atoms with Crippen LogP contribution < -0.4 is 10.1 Å². The Kier molecular flexibility index (Phi) is 9.74. The number of hydrogen-bond donors (Lipinski definition) is 3. The Morgan fingerprint density at radius 3 is 2.52 bits per heavy atom. The molecule has 9 heteroatoms. The number of carboxylic acids is 1. The number of phenolic OH excluding ortho intramolecular Hbond substituents is 1. The highest BCUT2D eigenvalue weighted by molar-refractivity contribution is 5.84. The van der Waals surface area contributed by atoms with Gasteiger partial charge in [-0.05, 0) is 61.7 Å². The maximum Gasteiger partial charge on any atom is 0.412 e. The summed E-state index contributed by atoms with van der Waals surface area (Å²) in [6, 6.07) is 12.9. The second-order valence-corrected chi connectivity index (χ2v) is 6.88. The van der Waals surface area contributed by atoms with Crippen LogP contribution in [0.3, 0.4) is 0 Å². The number of benzene rings is 2. The summed E-state index contributed by atoms with van der Waals surface area (Å²) in [6.07, 6.45) is 0.982. The zero-order valence-electron chi connectivity index (χ0n) is 18.4. The molecule has 3 N–H and O–H groups in total. The minimum absolute atomic E-state index is 0.128. The summed E-state index contributed by atoms with van der Waals surface area (Å²) in [5.41, 5.74) is 1.36. The first-order chi connectivity index (χ1) is 15.9. The molecule has 0 unspecified atom stereocenters. The molecule has 2 rings (SSSR count). The smallest absolute Gasteiger partial charge is 0.412 e. The first-order valence-electron chi connectivity index (χ1n) is 10.2. The van der Waals surface area contributed by atoms with Crippen molar-refractivity contribution < 1.29 is 34.0 Å². The van der Waals surface area contributed by atoms with Crippen LogP contribution in [0.1, 0.15) is 37.0 Å². The molecule has 0 aliphatic rings.